The molecule has 4 aliphatic rings. The van der Waals surface area contributed by atoms with E-state index in [9.17, 15) is 40.6 Å². The van der Waals surface area contributed by atoms with Crippen molar-refractivity contribution >= 4 is 43.9 Å². The molecule has 28 heteroatoms. The number of aliphatic hydroxyl groups is 1. The molecular formula is C62H96N3O23S2+. The molecule has 0 aromatic heterocycles. The highest BCUT2D eigenvalue weighted by molar-refractivity contribution is 7.86. The number of amides is 1. The molecule has 1 fully saturated rings. The van der Waals surface area contributed by atoms with Gasteiger partial charge < -0.3 is 76.1 Å². The van der Waals surface area contributed by atoms with Crippen LogP contribution in [-0.2, 0) is 102 Å². The molecule has 90 heavy (non-hydrogen) atoms. The molecule has 0 spiro atoms. The van der Waals surface area contributed by atoms with Crippen molar-refractivity contribution in [2.24, 2.45) is 0 Å². The van der Waals surface area contributed by atoms with Gasteiger partial charge >= 0.3 is 5.97 Å². The number of allylic oxidation sites excluding steroid dienone is 3. The molecule has 3 aliphatic heterocycles. The van der Waals surface area contributed by atoms with Crippen LogP contribution in [0, 0.1) is 0 Å². The SMILES string of the molecule is COCCOCCOCCOCCOCCOCC[N+](CCOCCOCCOCCOCCOCCOC)=c1ccc2c(C(C)(C)C)cc(/C=C/C=C3/N(CCCS(=O)(=O)O)c4ccc(S(=O)(=O)O)cc4C3(C)CCCC(=O)ON3C(=O)CC[C@@H]3O)oc-2c1. The first-order chi connectivity index (χ1) is 43.2. The normalized spacial score (nSPS) is 16.8. The van der Waals surface area contributed by atoms with Crippen LogP contribution in [0.4, 0.5) is 5.69 Å². The maximum absolute atomic E-state index is 13.1. The summed E-state index contributed by atoms with van der Waals surface area (Å²) >= 11 is 0. The molecule has 0 radical (unpaired) electrons. The summed E-state index contributed by atoms with van der Waals surface area (Å²) in [6.45, 7) is 19.0. The first-order valence-corrected chi connectivity index (χ1v) is 33.6. The van der Waals surface area contributed by atoms with Crippen LogP contribution in [0.3, 0.4) is 0 Å². The average molecular weight is 1320 g/mol. The summed E-state index contributed by atoms with van der Waals surface area (Å²) in [5.41, 5.74) is 2.01. The van der Waals surface area contributed by atoms with E-state index < -0.39 is 49.5 Å². The van der Waals surface area contributed by atoms with Crippen molar-refractivity contribution < 1.29 is 107 Å². The Hall–Kier alpha value is -4.83. The Morgan fingerprint density at radius 2 is 1.19 bits per heavy atom. The zero-order valence-electron chi connectivity index (χ0n) is 53.1. The molecule has 2 atom stereocenters. The second-order valence-electron chi connectivity index (χ2n) is 22.3. The Balaban J connectivity index is 1.34. The fourth-order valence-electron chi connectivity index (χ4n) is 9.90. The molecule has 3 heterocycles. The summed E-state index contributed by atoms with van der Waals surface area (Å²) < 4.78 is 144. The monoisotopic (exact) mass is 1310 g/mol. The van der Waals surface area contributed by atoms with Gasteiger partial charge in [-0.1, -0.05) is 26.8 Å². The smallest absolute Gasteiger partial charge is 0.332 e. The van der Waals surface area contributed by atoms with Crippen LogP contribution in [0.15, 0.2) is 69.6 Å². The number of aliphatic hydroxyl groups excluding tert-OH is 1. The minimum atomic E-state index is -4.69. The Morgan fingerprint density at radius 3 is 1.64 bits per heavy atom. The fraction of sp³-hybridized carbons (Fsp3) is 0.661. The van der Waals surface area contributed by atoms with Crippen molar-refractivity contribution in [1.82, 2.24) is 9.64 Å². The zero-order chi connectivity index (χ0) is 65.3. The molecule has 3 N–H and O–H groups in total. The topological polar surface area (TPSA) is 306 Å². The highest BCUT2D eigenvalue weighted by atomic mass is 32.2. The van der Waals surface area contributed by atoms with Gasteiger partial charge in [0.15, 0.2) is 19.3 Å². The number of ether oxygens (including phenoxy) is 12. The lowest BCUT2D eigenvalue weighted by Gasteiger charge is -2.30. The summed E-state index contributed by atoms with van der Waals surface area (Å²) in [7, 11) is -5.80. The van der Waals surface area contributed by atoms with Crippen LogP contribution < -0.4 is 14.8 Å². The number of benzene rings is 2. The van der Waals surface area contributed by atoms with Crippen LogP contribution >= 0.6 is 0 Å². The Bertz CT molecular complexity index is 2910. The van der Waals surface area contributed by atoms with Gasteiger partial charge in [0.25, 0.3) is 26.1 Å². The zero-order valence-corrected chi connectivity index (χ0v) is 54.8. The molecule has 0 saturated carbocycles. The number of nitrogens with zero attached hydrogens (tertiary/aromatic N) is 3. The third-order valence-electron chi connectivity index (χ3n) is 14.5. The van der Waals surface area contributed by atoms with Crippen molar-refractivity contribution in [1.29, 1.82) is 0 Å². The third-order valence-corrected chi connectivity index (χ3v) is 16.1. The number of hydrogen-bond acceptors (Lipinski definition) is 22. The molecular weight excluding hydrogens is 1220 g/mol. The summed E-state index contributed by atoms with van der Waals surface area (Å²) in [6, 6.07) is 12.1. The quantitative estimate of drug-likeness (QED) is 0.0393. The number of fused-ring (bicyclic) bond motifs is 2. The molecule has 26 nitrogen and oxygen atoms in total. The van der Waals surface area contributed by atoms with Gasteiger partial charge in [0, 0.05) is 68.5 Å². The molecule has 1 saturated heterocycles. The van der Waals surface area contributed by atoms with Crippen molar-refractivity contribution in [2.45, 2.75) is 88.2 Å². The van der Waals surface area contributed by atoms with E-state index in [4.69, 9.17) is 66.1 Å². The van der Waals surface area contributed by atoms with Crippen molar-refractivity contribution in [3.05, 3.63) is 82.6 Å². The van der Waals surface area contributed by atoms with E-state index in [0.717, 1.165) is 16.5 Å². The standard InChI is InChI=1S/C62H95N3O23S2/c1-61(2,3)53-47-50(10-7-11-57-62(4,19-8-12-60(68)88-65-58(66)17-18-59(65)67)54-48-51(90(72,73)74)14-16-55(54)64(57)20-9-45-89(69,70)71)87-56-46-49(13-15-52(53)56)63(21-23-77-29-31-81-37-39-85-43-41-83-35-33-79-27-25-75-5)22-24-78-30-32-82-38-40-86-44-42-84-36-34-80-28-26-76-6/h7,10-11,13-16,46-48,58,66H,8-9,12,17-45H2,1-6H3,(H-,69,70,71,72,73,74)/p+1/t58-,62?/m0/s1. The second kappa shape index (κ2) is 40.3. The van der Waals surface area contributed by atoms with Gasteiger partial charge in [0.2, 0.25) is 5.36 Å². The summed E-state index contributed by atoms with van der Waals surface area (Å²) in [5.74, 6) is -0.771. The van der Waals surface area contributed by atoms with Crippen LogP contribution in [0.2, 0.25) is 0 Å². The van der Waals surface area contributed by atoms with Gasteiger partial charge in [-0.15, -0.1) is 5.06 Å². The molecule has 1 aromatic rings. The maximum atomic E-state index is 13.1. The maximum Gasteiger partial charge on any atom is 0.332 e. The van der Waals surface area contributed by atoms with E-state index in [-0.39, 0.29) is 55.4 Å². The van der Waals surface area contributed by atoms with Crippen LogP contribution in [-0.4, -0.2) is 239 Å². The first kappa shape index (κ1) is 75.9. The van der Waals surface area contributed by atoms with Gasteiger partial charge in [-0.05, 0) is 85.2 Å². The van der Waals surface area contributed by atoms with E-state index in [0.29, 0.717) is 192 Å². The molecule has 508 valence electrons. The van der Waals surface area contributed by atoms with Crippen LogP contribution in [0.25, 0.3) is 17.4 Å². The van der Waals surface area contributed by atoms with E-state index in [1.54, 1.807) is 32.4 Å². The van der Waals surface area contributed by atoms with Crippen molar-refractivity contribution in [3.63, 3.8) is 0 Å². The Labute approximate surface area is 530 Å². The average Bonchev–Trinajstić information content (AvgIpc) is 1.62. The van der Waals surface area contributed by atoms with E-state index in [1.165, 1.54) is 18.2 Å². The summed E-state index contributed by atoms with van der Waals surface area (Å²) in [5, 5.41) is 11.7. The second-order valence-corrected chi connectivity index (χ2v) is 25.3. The predicted octanol–water partition coefficient (Wildman–Crippen LogP) is 4.68. The number of anilines is 1. The minimum Gasteiger partial charge on any atom is -0.456 e. The molecule has 1 unspecified atom stereocenters. The first-order valence-electron chi connectivity index (χ1n) is 30.5. The minimum absolute atomic E-state index is 0.0216. The van der Waals surface area contributed by atoms with E-state index >= 15 is 0 Å². The fourth-order valence-corrected chi connectivity index (χ4v) is 10.9. The van der Waals surface area contributed by atoms with Crippen molar-refractivity contribution in [2.75, 3.05) is 190 Å². The summed E-state index contributed by atoms with van der Waals surface area (Å²) in [4.78, 5) is 32.0. The van der Waals surface area contributed by atoms with E-state index in [1.807, 2.05) is 36.1 Å². The van der Waals surface area contributed by atoms with Crippen LogP contribution in [0.1, 0.15) is 83.1 Å². The number of rotatable bonds is 48. The number of carbonyl (C=O) groups is 2. The summed E-state index contributed by atoms with van der Waals surface area (Å²) in [6.07, 6.45) is 4.37. The van der Waals surface area contributed by atoms with E-state index in [2.05, 4.69) is 25.3 Å². The number of hydroxylamine groups is 2. The van der Waals surface area contributed by atoms with Gasteiger partial charge in [-0.2, -0.15) is 16.8 Å². The number of carbonyl (C=O) groups excluding carboxylic acids is 2. The third kappa shape index (κ3) is 27.0. The Kier molecular flexibility index (Phi) is 34.0. The number of methoxy groups -OCH3 is 2. The van der Waals surface area contributed by atoms with Crippen LogP contribution in [0.5, 0.6) is 0 Å². The van der Waals surface area contributed by atoms with Gasteiger partial charge in [0.1, 0.15) is 24.7 Å². The molecule has 1 aromatic carbocycles. The highest BCUT2D eigenvalue weighted by Crippen LogP contribution is 2.51. The predicted molar refractivity (Wildman–Crippen MR) is 332 cm³/mol. The number of hydrogen-bond donors (Lipinski definition) is 3. The molecule has 1 amide bonds. The lowest BCUT2D eigenvalue weighted by Crippen LogP contribution is -2.36. The van der Waals surface area contributed by atoms with Gasteiger partial charge in [-0.25, -0.2) is 9.37 Å². The van der Waals surface area contributed by atoms with Gasteiger partial charge in [-0.3, -0.25) is 13.9 Å². The molecule has 1 aliphatic carbocycles. The Morgan fingerprint density at radius 1 is 0.689 bits per heavy atom. The van der Waals surface area contributed by atoms with Crippen molar-refractivity contribution in [3.8, 4) is 11.3 Å². The molecule has 0 bridgehead atoms. The largest absolute Gasteiger partial charge is 0.456 e. The highest BCUT2D eigenvalue weighted by Gasteiger charge is 2.44. The van der Waals surface area contributed by atoms with Gasteiger partial charge in [0.05, 0.1) is 149 Å². The lowest BCUT2D eigenvalue weighted by molar-refractivity contribution is -0.220. The lowest BCUT2D eigenvalue weighted by atomic mass is 9.77. The molecule has 5 rings (SSSR count).